The number of rotatable bonds is 8. The van der Waals surface area contributed by atoms with Gasteiger partial charge in [0.15, 0.2) is 24.1 Å². The zero-order chi connectivity index (χ0) is 33.7. The van der Waals surface area contributed by atoms with Gasteiger partial charge in [-0.2, -0.15) is 0 Å². The van der Waals surface area contributed by atoms with Crippen molar-refractivity contribution in [2.45, 2.75) is 86.6 Å². The molecule has 0 aromatic heterocycles. The number of aliphatic hydroxyl groups excluding tert-OH is 7. The lowest BCUT2D eigenvalue weighted by Gasteiger charge is -2.49. The van der Waals surface area contributed by atoms with Crippen molar-refractivity contribution in [1.29, 1.82) is 0 Å². The number of aliphatic hydroxyl groups is 7. The van der Waals surface area contributed by atoms with E-state index in [1.807, 2.05) is 0 Å². The summed E-state index contributed by atoms with van der Waals surface area (Å²) in [6.45, 7) is 3.18. The van der Waals surface area contributed by atoms with Crippen LogP contribution in [0.3, 0.4) is 0 Å². The molecule has 3 fully saturated rings. The molecule has 260 valence electrons. The second-order valence-corrected chi connectivity index (χ2v) is 12.4. The molecule has 5 aliphatic rings. The van der Waals surface area contributed by atoms with Crippen LogP contribution in [-0.2, 0) is 34.9 Å². The van der Waals surface area contributed by atoms with Gasteiger partial charge in [-0.3, -0.25) is 4.79 Å². The predicted octanol–water partition coefficient (Wildman–Crippen LogP) is -2.47. The maximum atomic E-state index is 13.7. The van der Waals surface area contributed by atoms with E-state index in [1.165, 1.54) is 13.4 Å². The number of carbonyl (C=O) groups is 1. The molecule has 14 atom stereocenters. The topological polar surface area (TPSA) is 238 Å². The van der Waals surface area contributed by atoms with Crippen molar-refractivity contribution in [3.8, 4) is 11.5 Å². The Morgan fingerprint density at radius 3 is 2.32 bits per heavy atom. The Bertz CT molecular complexity index is 1360. The SMILES string of the molecule is C=CC1C(OC2OC(COC3OC(CO)C(O)C(O)C3O)C(O)C(O)C2O)OC=C2C(=O)N3CCc4cc(O)c(OC)cc4C3CC21. The van der Waals surface area contributed by atoms with Crippen LogP contribution in [0.25, 0.3) is 0 Å². The molecule has 1 aromatic rings. The Morgan fingerprint density at radius 1 is 0.957 bits per heavy atom. The Hall–Kier alpha value is -2.87. The van der Waals surface area contributed by atoms with Gasteiger partial charge in [-0.1, -0.05) is 6.08 Å². The van der Waals surface area contributed by atoms with Crippen molar-refractivity contribution in [2.75, 3.05) is 26.9 Å². The van der Waals surface area contributed by atoms with Crippen LogP contribution in [0.5, 0.6) is 11.5 Å². The lowest BCUT2D eigenvalue weighted by molar-refractivity contribution is -0.352. The molecule has 1 amide bonds. The molecule has 16 nitrogen and oxygen atoms in total. The van der Waals surface area contributed by atoms with E-state index >= 15 is 0 Å². The Labute approximate surface area is 269 Å². The van der Waals surface area contributed by atoms with Crippen molar-refractivity contribution in [3.05, 3.63) is 47.7 Å². The zero-order valence-corrected chi connectivity index (χ0v) is 25.5. The molecule has 8 N–H and O–H groups in total. The van der Waals surface area contributed by atoms with Gasteiger partial charge in [0.25, 0.3) is 5.91 Å². The van der Waals surface area contributed by atoms with Crippen LogP contribution in [-0.4, -0.2) is 146 Å². The Morgan fingerprint density at radius 2 is 1.64 bits per heavy atom. The highest BCUT2D eigenvalue weighted by atomic mass is 16.8. The second kappa shape index (κ2) is 13.6. The highest BCUT2D eigenvalue weighted by Crippen LogP contribution is 2.49. The average molecular weight is 668 g/mol. The average Bonchev–Trinajstić information content (AvgIpc) is 3.07. The quantitative estimate of drug-likeness (QED) is 0.134. The third-order valence-corrected chi connectivity index (χ3v) is 9.77. The summed E-state index contributed by atoms with van der Waals surface area (Å²) in [5, 5.41) is 82.1. The molecule has 5 aliphatic heterocycles. The van der Waals surface area contributed by atoms with Gasteiger partial charge in [0, 0.05) is 18.4 Å². The fraction of sp³-hybridized carbons (Fsp3) is 0.645. The summed E-state index contributed by atoms with van der Waals surface area (Å²) in [6.07, 6.45) is -13.0. The van der Waals surface area contributed by atoms with E-state index in [0.717, 1.165) is 11.1 Å². The van der Waals surface area contributed by atoms with Crippen LogP contribution in [0.2, 0.25) is 0 Å². The summed E-state index contributed by atoms with van der Waals surface area (Å²) >= 11 is 0. The van der Waals surface area contributed by atoms with Gasteiger partial charge in [-0.15, -0.1) is 6.58 Å². The molecular formula is C31H41NO15. The number of fused-ring (bicyclic) bond motifs is 4. The van der Waals surface area contributed by atoms with Crippen LogP contribution in [0, 0.1) is 11.8 Å². The van der Waals surface area contributed by atoms with Gasteiger partial charge in [-0.05, 0) is 36.1 Å². The summed E-state index contributed by atoms with van der Waals surface area (Å²) in [5.74, 6) is -0.947. The molecule has 5 heterocycles. The molecule has 0 bridgehead atoms. The number of benzene rings is 1. The number of phenolic OH excluding ortho intramolecular Hbond substituents is 1. The fourth-order valence-corrected chi connectivity index (χ4v) is 7.09. The van der Waals surface area contributed by atoms with Crippen LogP contribution >= 0.6 is 0 Å². The van der Waals surface area contributed by atoms with E-state index in [4.69, 9.17) is 28.4 Å². The van der Waals surface area contributed by atoms with E-state index in [-0.39, 0.29) is 17.7 Å². The summed E-state index contributed by atoms with van der Waals surface area (Å²) in [4.78, 5) is 15.4. The fourth-order valence-electron chi connectivity index (χ4n) is 7.09. The molecule has 0 spiro atoms. The van der Waals surface area contributed by atoms with Crippen LogP contribution in [0.1, 0.15) is 23.6 Å². The summed E-state index contributed by atoms with van der Waals surface area (Å²) in [7, 11) is 1.45. The monoisotopic (exact) mass is 667 g/mol. The highest BCUT2D eigenvalue weighted by Gasteiger charge is 2.51. The summed E-state index contributed by atoms with van der Waals surface area (Å²) < 4.78 is 33.8. The van der Waals surface area contributed by atoms with Crippen LogP contribution < -0.4 is 4.74 Å². The molecule has 0 saturated carbocycles. The van der Waals surface area contributed by atoms with Crippen molar-refractivity contribution < 1.29 is 74.1 Å². The first-order chi connectivity index (χ1) is 22.5. The smallest absolute Gasteiger partial charge is 0.253 e. The largest absolute Gasteiger partial charge is 0.504 e. The third kappa shape index (κ3) is 6.02. The van der Waals surface area contributed by atoms with Gasteiger partial charge in [-0.25, -0.2) is 0 Å². The first kappa shape index (κ1) is 34.0. The zero-order valence-electron chi connectivity index (χ0n) is 25.5. The third-order valence-electron chi connectivity index (χ3n) is 9.77. The summed E-state index contributed by atoms with van der Waals surface area (Å²) in [6, 6.07) is 3.06. The molecule has 0 radical (unpaired) electrons. The van der Waals surface area contributed by atoms with Gasteiger partial charge < -0.3 is 74.2 Å². The molecule has 47 heavy (non-hydrogen) atoms. The molecule has 1 aromatic carbocycles. The van der Waals surface area contributed by atoms with Crippen molar-refractivity contribution in [1.82, 2.24) is 4.90 Å². The maximum absolute atomic E-state index is 13.7. The molecule has 14 unspecified atom stereocenters. The molecule has 3 saturated heterocycles. The first-order valence-electron chi connectivity index (χ1n) is 15.4. The number of methoxy groups -OCH3 is 1. The second-order valence-electron chi connectivity index (χ2n) is 12.4. The normalized spacial score (nSPS) is 41.6. The number of ether oxygens (including phenoxy) is 6. The van der Waals surface area contributed by atoms with Gasteiger partial charge in [0.05, 0.1) is 38.2 Å². The standard InChI is InChI=1S/C31H41NO15/c1-3-13-15-7-17-14-8-19(42-2)18(34)6-12(14)4-5-32(17)28(41)16(15)10-43-29(13)47-31-27(40)25(38)23(36)21(46-31)11-44-30-26(39)24(37)22(35)20(9-33)45-30/h3,6,8,10,13,15,17,20-27,29-31,33-40H,1,4-5,7,9,11H2,2H3. The van der Waals surface area contributed by atoms with E-state index in [1.54, 1.807) is 23.1 Å². The van der Waals surface area contributed by atoms with Crippen molar-refractivity contribution in [3.63, 3.8) is 0 Å². The molecule has 6 rings (SSSR count). The van der Waals surface area contributed by atoms with E-state index in [9.17, 15) is 45.6 Å². The van der Waals surface area contributed by atoms with Crippen LogP contribution in [0.4, 0.5) is 0 Å². The van der Waals surface area contributed by atoms with Gasteiger partial charge >= 0.3 is 0 Å². The maximum Gasteiger partial charge on any atom is 0.253 e. The number of carbonyl (C=O) groups excluding carboxylic acids is 1. The van der Waals surface area contributed by atoms with Gasteiger partial charge in [0.1, 0.15) is 48.8 Å². The lowest BCUT2D eigenvalue weighted by Crippen LogP contribution is -2.62. The molecular weight excluding hydrogens is 626 g/mol. The Kier molecular flexibility index (Phi) is 9.81. The van der Waals surface area contributed by atoms with E-state index < -0.39 is 92.8 Å². The minimum atomic E-state index is -1.76. The number of phenols is 1. The predicted molar refractivity (Wildman–Crippen MR) is 155 cm³/mol. The first-order valence-corrected chi connectivity index (χ1v) is 15.4. The number of piperidine rings is 1. The summed E-state index contributed by atoms with van der Waals surface area (Å²) in [5.41, 5.74) is 2.19. The number of amides is 1. The van der Waals surface area contributed by atoms with Crippen LogP contribution in [0.15, 0.2) is 36.6 Å². The number of hydrogen-bond acceptors (Lipinski definition) is 15. The van der Waals surface area contributed by atoms with Crippen molar-refractivity contribution in [2.24, 2.45) is 11.8 Å². The minimum absolute atomic E-state index is 0.0150. The number of nitrogens with zero attached hydrogens (tertiary/aromatic N) is 1. The highest BCUT2D eigenvalue weighted by molar-refractivity contribution is 5.95. The number of hydrogen-bond donors (Lipinski definition) is 8. The van der Waals surface area contributed by atoms with Crippen molar-refractivity contribution >= 4 is 5.91 Å². The Balaban J connectivity index is 1.17. The molecule has 16 heteroatoms. The lowest BCUT2D eigenvalue weighted by atomic mass is 9.73. The van der Waals surface area contributed by atoms with E-state index in [2.05, 4.69) is 6.58 Å². The van der Waals surface area contributed by atoms with Gasteiger partial charge in [0.2, 0.25) is 6.29 Å². The molecule has 0 aliphatic carbocycles. The minimum Gasteiger partial charge on any atom is -0.504 e. The number of aromatic hydroxyl groups is 1. The van der Waals surface area contributed by atoms with E-state index in [0.29, 0.717) is 30.7 Å².